The smallest absolute Gasteiger partial charge is 0.272 e. The third kappa shape index (κ3) is 5.71. The summed E-state index contributed by atoms with van der Waals surface area (Å²) >= 11 is 0. The van der Waals surface area contributed by atoms with Gasteiger partial charge in [0.2, 0.25) is 0 Å². The van der Waals surface area contributed by atoms with Gasteiger partial charge >= 0.3 is 0 Å². The van der Waals surface area contributed by atoms with E-state index < -0.39 is 11.8 Å². The van der Waals surface area contributed by atoms with Crippen molar-refractivity contribution in [3.05, 3.63) is 59.4 Å². The van der Waals surface area contributed by atoms with Crippen LogP contribution in [-0.4, -0.2) is 40.4 Å². The molecule has 28 heavy (non-hydrogen) atoms. The number of amides is 2. The van der Waals surface area contributed by atoms with Gasteiger partial charge in [0, 0.05) is 31.0 Å². The first kappa shape index (κ1) is 21.7. The molecule has 2 atom stereocenters. The number of nitrogens with one attached hydrogen (secondary N) is 3. The molecular formula is C19H23ClFN5O2. The molecule has 1 aromatic heterocycles. The van der Waals surface area contributed by atoms with Gasteiger partial charge in [-0.25, -0.2) is 14.4 Å². The lowest BCUT2D eigenvalue weighted by atomic mass is 10.0. The van der Waals surface area contributed by atoms with E-state index in [1.807, 2.05) is 0 Å². The van der Waals surface area contributed by atoms with E-state index in [0.29, 0.717) is 6.04 Å². The Hall–Kier alpha value is -2.58. The van der Waals surface area contributed by atoms with Crippen molar-refractivity contribution in [2.24, 2.45) is 0 Å². The molecule has 3 N–H and O–H groups in total. The molecule has 2 aromatic rings. The van der Waals surface area contributed by atoms with Crippen LogP contribution in [0.25, 0.3) is 0 Å². The van der Waals surface area contributed by atoms with Crippen molar-refractivity contribution in [1.29, 1.82) is 0 Å². The SMILES string of the molecule is CC1CC(NC(=O)c2nccnc2C(=O)NCc2ccc(F)cc2)CCN1.Cl. The highest BCUT2D eigenvalue weighted by molar-refractivity contribution is 6.04. The first-order valence-electron chi connectivity index (χ1n) is 8.91. The van der Waals surface area contributed by atoms with Gasteiger partial charge in [0.1, 0.15) is 5.82 Å². The predicted molar refractivity (Wildman–Crippen MR) is 105 cm³/mol. The normalized spacial score (nSPS) is 18.6. The van der Waals surface area contributed by atoms with Crippen LogP contribution in [0.5, 0.6) is 0 Å². The molecule has 0 saturated carbocycles. The highest BCUT2D eigenvalue weighted by Crippen LogP contribution is 2.10. The molecule has 0 aliphatic carbocycles. The minimum Gasteiger partial charge on any atom is -0.348 e. The lowest BCUT2D eigenvalue weighted by Gasteiger charge is -2.28. The van der Waals surface area contributed by atoms with E-state index >= 15 is 0 Å². The van der Waals surface area contributed by atoms with Gasteiger partial charge in [-0.05, 0) is 44.0 Å². The minimum absolute atomic E-state index is 0. The van der Waals surface area contributed by atoms with Gasteiger partial charge in [-0.2, -0.15) is 0 Å². The van der Waals surface area contributed by atoms with Gasteiger partial charge in [0.15, 0.2) is 11.4 Å². The summed E-state index contributed by atoms with van der Waals surface area (Å²) in [5.41, 5.74) is 0.711. The monoisotopic (exact) mass is 407 g/mol. The van der Waals surface area contributed by atoms with Crippen LogP contribution in [0.1, 0.15) is 46.3 Å². The van der Waals surface area contributed by atoms with Crippen molar-refractivity contribution in [3.63, 3.8) is 0 Å². The summed E-state index contributed by atoms with van der Waals surface area (Å²) in [7, 11) is 0. The van der Waals surface area contributed by atoms with Crippen molar-refractivity contribution in [3.8, 4) is 0 Å². The predicted octanol–water partition coefficient (Wildman–Crippen LogP) is 1.84. The van der Waals surface area contributed by atoms with Gasteiger partial charge in [-0.3, -0.25) is 9.59 Å². The number of rotatable bonds is 5. The minimum atomic E-state index is -0.503. The number of nitrogens with zero attached hydrogens (tertiary/aromatic N) is 2. The summed E-state index contributed by atoms with van der Waals surface area (Å²) in [5.74, 6) is -1.25. The Morgan fingerprint density at radius 2 is 1.79 bits per heavy atom. The molecule has 3 rings (SSSR count). The van der Waals surface area contributed by atoms with Crippen molar-refractivity contribution in [1.82, 2.24) is 25.9 Å². The van der Waals surface area contributed by atoms with E-state index in [2.05, 4.69) is 32.8 Å². The van der Waals surface area contributed by atoms with Gasteiger partial charge < -0.3 is 16.0 Å². The summed E-state index contributed by atoms with van der Waals surface area (Å²) in [6.45, 7) is 3.09. The number of hydrogen-bond acceptors (Lipinski definition) is 5. The lowest BCUT2D eigenvalue weighted by molar-refractivity contribution is 0.0893. The number of hydrogen-bond donors (Lipinski definition) is 3. The molecule has 150 valence electrons. The number of carbonyl (C=O) groups is 2. The second-order valence-corrected chi connectivity index (χ2v) is 6.61. The Morgan fingerprint density at radius 1 is 1.14 bits per heavy atom. The Morgan fingerprint density at radius 3 is 2.43 bits per heavy atom. The van der Waals surface area contributed by atoms with Crippen LogP contribution in [-0.2, 0) is 6.54 Å². The highest BCUT2D eigenvalue weighted by atomic mass is 35.5. The first-order valence-corrected chi connectivity index (χ1v) is 8.91. The van der Waals surface area contributed by atoms with E-state index in [0.717, 1.165) is 24.9 Å². The second-order valence-electron chi connectivity index (χ2n) is 6.61. The maximum atomic E-state index is 13.0. The van der Waals surface area contributed by atoms with E-state index in [1.165, 1.54) is 24.5 Å². The van der Waals surface area contributed by atoms with E-state index in [4.69, 9.17) is 0 Å². The lowest BCUT2D eigenvalue weighted by Crippen LogP contribution is -2.47. The van der Waals surface area contributed by atoms with Crippen LogP contribution >= 0.6 is 12.4 Å². The Kier molecular flexibility index (Phi) is 7.83. The average Bonchev–Trinajstić information content (AvgIpc) is 2.67. The number of benzene rings is 1. The zero-order valence-corrected chi connectivity index (χ0v) is 16.3. The molecule has 1 saturated heterocycles. The van der Waals surface area contributed by atoms with Crippen LogP contribution in [0.4, 0.5) is 4.39 Å². The molecule has 0 radical (unpaired) electrons. The Labute approximate surface area is 168 Å². The molecule has 1 aliphatic rings. The fraction of sp³-hybridized carbons (Fsp3) is 0.368. The number of aromatic nitrogens is 2. The van der Waals surface area contributed by atoms with Crippen LogP contribution < -0.4 is 16.0 Å². The highest BCUT2D eigenvalue weighted by Gasteiger charge is 2.24. The molecule has 1 aliphatic heterocycles. The van der Waals surface area contributed by atoms with Crippen LogP contribution in [0, 0.1) is 5.82 Å². The molecule has 0 bridgehead atoms. The molecule has 2 amide bonds. The molecule has 2 heterocycles. The number of halogens is 2. The topological polar surface area (TPSA) is 96.0 Å². The average molecular weight is 408 g/mol. The van der Waals surface area contributed by atoms with Crippen molar-refractivity contribution in [2.45, 2.75) is 38.4 Å². The molecular weight excluding hydrogens is 385 g/mol. The zero-order valence-electron chi connectivity index (χ0n) is 15.4. The summed E-state index contributed by atoms with van der Waals surface area (Å²) in [6.07, 6.45) is 4.40. The molecule has 2 unspecified atom stereocenters. The molecule has 1 fully saturated rings. The first-order chi connectivity index (χ1) is 13.0. The fourth-order valence-corrected chi connectivity index (χ4v) is 3.06. The van der Waals surface area contributed by atoms with Crippen molar-refractivity contribution >= 4 is 24.2 Å². The third-order valence-electron chi connectivity index (χ3n) is 4.45. The van der Waals surface area contributed by atoms with Gasteiger partial charge in [0.05, 0.1) is 0 Å². The summed E-state index contributed by atoms with van der Waals surface area (Å²) < 4.78 is 13.0. The fourth-order valence-electron chi connectivity index (χ4n) is 3.06. The van der Waals surface area contributed by atoms with Gasteiger partial charge in [-0.1, -0.05) is 12.1 Å². The second kappa shape index (κ2) is 10.1. The zero-order chi connectivity index (χ0) is 19.2. The Balaban J connectivity index is 0.00000280. The standard InChI is InChI=1S/C19H22FN5O2.ClH/c1-12-10-15(6-7-21-12)25-19(27)17-16(22-8-9-23-17)18(26)24-11-13-2-4-14(20)5-3-13;/h2-5,8-9,12,15,21H,6-7,10-11H2,1H3,(H,24,26)(H,25,27);1H. The number of piperidine rings is 1. The van der Waals surface area contributed by atoms with Crippen LogP contribution in [0.15, 0.2) is 36.7 Å². The van der Waals surface area contributed by atoms with E-state index in [9.17, 15) is 14.0 Å². The summed E-state index contributed by atoms with van der Waals surface area (Å²) in [6, 6.07) is 6.16. The molecule has 9 heteroatoms. The van der Waals surface area contributed by atoms with E-state index in [-0.39, 0.29) is 42.2 Å². The molecule has 0 spiro atoms. The van der Waals surface area contributed by atoms with Gasteiger partial charge in [0.25, 0.3) is 11.8 Å². The molecule has 7 nitrogen and oxygen atoms in total. The van der Waals surface area contributed by atoms with Gasteiger partial charge in [-0.15, -0.1) is 12.4 Å². The summed E-state index contributed by atoms with van der Waals surface area (Å²) in [4.78, 5) is 33.2. The Bertz CT molecular complexity index is 818. The summed E-state index contributed by atoms with van der Waals surface area (Å²) in [5, 5.41) is 8.95. The maximum absolute atomic E-state index is 13.0. The molecule has 1 aromatic carbocycles. The van der Waals surface area contributed by atoms with Crippen LogP contribution in [0.2, 0.25) is 0 Å². The number of carbonyl (C=O) groups excluding carboxylic acids is 2. The maximum Gasteiger partial charge on any atom is 0.272 e. The van der Waals surface area contributed by atoms with Crippen LogP contribution in [0.3, 0.4) is 0 Å². The van der Waals surface area contributed by atoms with Crippen molar-refractivity contribution < 1.29 is 14.0 Å². The largest absolute Gasteiger partial charge is 0.348 e. The van der Waals surface area contributed by atoms with Crippen molar-refractivity contribution in [2.75, 3.05) is 6.54 Å². The quantitative estimate of drug-likeness (QED) is 0.702. The third-order valence-corrected chi connectivity index (χ3v) is 4.45. The van der Waals surface area contributed by atoms with E-state index in [1.54, 1.807) is 12.1 Å².